The smallest absolute Gasteiger partial charge is 0.292 e. The van der Waals surface area contributed by atoms with Crippen LogP contribution in [-0.2, 0) is 0 Å². The second kappa shape index (κ2) is 6.38. The van der Waals surface area contributed by atoms with E-state index >= 15 is 0 Å². The summed E-state index contributed by atoms with van der Waals surface area (Å²) in [6, 6.07) is 5.25. The van der Waals surface area contributed by atoms with Crippen molar-refractivity contribution in [2.75, 3.05) is 36.4 Å². The molecule has 2 rings (SSSR count). The van der Waals surface area contributed by atoms with Crippen molar-refractivity contribution in [2.24, 2.45) is 0 Å². The van der Waals surface area contributed by atoms with Crippen molar-refractivity contribution in [3.8, 4) is 0 Å². The molecular weight excluding hydrogens is 244 g/mol. The Hall–Kier alpha value is -1.82. The van der Waals surface area contributed by atoms with Crippen LogP contribution in [0.2, 0.25) is 0 Å². The van der Waals surface area contributed by atoms with Gasteiger partial charge in [0.2, 0.25) is 0 Å². The van der Waals surface area contributed by atoms with Crippen LogP contribution >= 0.6 is 0 Å². The molecule has 6 heteroatoms. The summed E-state index contributed by atoms with van der Waals surface area (Å²) in [4.78, 5) is 13.0. The van der Waals surface area contributed by atoms with Gasteiger partial charge < -0.3 is 16.0 Å². The van der Waals surface area contributed by atoms with Gasteiger partial charge in [-0.05, 0) is 31.4 Å². The monoisotopic (exact) mass is 265 g/mol. The molecule has 1 aliphatic rings. The summed E-state index contributed by atoms with van der Waals surface area (Å²) in [5.74, 6) is 0. The lowest BCUT2D eigenvalue weighted by Gasteiger charge is -2.28. The molecule has 1 aromatic carbocycles. The molecule has 0 radical (unpaired) electrons. The lowest BCUT2D eigenvalue weighted by Crippen LogP contribution is -2.53. The summed E-state index contributed by atoms with van der Waals surface area (Å²) in [6.07, 6.45) is 3.42. The second-order valence-corrected chi connectivity index (χ2v) is 4.79. The molecule has 1 fully saturated rings. The van der Waals surface area contributed by atoms with Gasteiger partial charge in [-0.25, -0.2) is 0 Å². The summed E-state index contributed by atoms with van der Waals surface area (Å²) in [5, 5.41) is 14.4. The number of anilines is 2. The zero-order valence-corrected chi connectivity index (χ0v) is 11.1. The zero-order valence-electron chi connectivity index (χ0n) is 11.1. The number of hydrogen-bond donors (Lipinski definition) is 2. The Morgan fingerprint density at radius 3 is 2.68 bits per heavy atom. The highest BCUT2D eigenvalue weighted by Crippen LogP contribution is 2.32. The van der Waals surface area contributed by atoms with E-state index < -0.39 is 0 Å². The van der Waals surface area contributed by atoms with Gasteiger partial charge in [-0.2, -0.15) is 0 Å². The third-order valence-corrected chi connectivity index (χ3v) is 3.37. The first kappa shape index (κ1) is 13.6. The molecule has 1 heterocycles. The third kappa shape index (κ3) is 3.35. The molecular formula is C13H21N4O2+. The van der Waals surface area contributed by atoms with Crippen LogP contribution in [-0.4, -0.2) is 31.1 Å². The number of nitro groups is 1. The first-order valence-electron chi connectivity index (χ1n) is 6.79. The van der Waals surface area contributed by atoms with Gasteiger partial charge in [-0.15, -0.1) is 0 Å². The van der Waals surface area contributed by atoms with Crippen LogP contribution in [0, 0.1) is 10.1 Å². The van der Waals surface area contributed by atoms with E-state index in [-0.39, 0.29) is 10.6 Å². The molecule has 1 aromatic rings. The Kier molecular flexibility index (Phi) is 4.57. The van der Waals surface area contributed by atoms with Crippen molar-refractivity contribution >= 4 is 17.1 Å². The maximum absolute atomic E-state index is 11.1. The SMILES string of the molecule is [NH3+]CCNc1ccc([N+](=O)[O-])c(N2CCCCC2)c1. The molecule has 0 unspecified atom stereocenters. The summed E-state index contributed by atoms with van der Waals surface area (Å²) in [6.45, 7) is 3.37. The molecule has 0 aliphatic carbocycles. The van der Waals surface area contributed by atoms with Gasteiger partial charge in [-0.3, -0.25) is 10.1 Å². The largest absolute Gasteiger partial charge is 0.379 e. The minimum absolute atomic E-state index is 0.196. The van der Waals surface area contributed by atoms with E-state index in [1.165, 1.54) is 6.42 Å². The van der Waals surface area contributed by atoms with Crippen LogP contribution in [0.5, 0.6) is 0 Å². The maximum Gasteiger partial charge on any atom is 0.292 e. The number of benzene rings is 1. The number of nitrogens with zero attached hydrogens (tertiary/aromatic N) is 2. The predicted octanol–water partition coefficient (Wildman–Crippen LogP) is 1.24. The topological polar surface area (TPSA) is 86.0 Å². The van der Waals surface area contributed by atoms with Gasteiger partial charge in [0.05, 0.1) is 18.0 Å². The highest BCUT2D eigenvalue weighted by atomic mass is 16.6. The van der Waals surface area contributed by atoms with Gasteiger partial charge in [0.15, 0.2) is 0 Å². The summed E-state index contributed by atoms with van der Waals surface area (Å²) >= 11 is 0. The van der Waals surface area contributed by atoms with E-state index in [2.05, 4.69) is 16.0 Å². The van der Waals surface area contributed by atoms with Crippen molar-refractivity contribution in [1.29, 1.82) is 0 Å². The molecule has 1 saturated heterocycles. The second-order valence-electron chi connectivity index (χ2n) is 4.79. The van der Waals surface area contributed by atoms with Gasteiger partial charge >= 0.3 is 0 Å². The normalized spacial score (nSPS) is 15.3. The van der Waals surface area contributed by atoms with Gasteiger partial charge in [0.1, 0.15) is 5.69 Å². The van der Waals surface area contributed by atoms with Crippen LogP contribution < -0.4 is 16.0 Å². The molecule has 0 amide bonds. The molecule has 4 N–H and O–H groups in total. The summed E-state index contributed by atoms with van der Waals surface area (Å²) < 4.78 is 0. The summed E-state index contributed by atoms with van der Waals surface area (Å²) in [7, 11) is 0. The quantitative estimate of drug-likeness (QED) is 0.619. The van der Waals surface area contributed by atoms with E-state index in [4.69, 9.17) is 0 Å². The molecule has 19 heavy (non-hydrogen) atoms. The van der Waals surface area contributed by atoms with Gasteiger partial charge in [-0.1, -0.05) is 0 Å². The summed E-state index contributed by atoms with van der Waals surface area (Å²) in [5.41, 5.74) is 5.63. The number of nitro benzene ring substituents is 1. The Balaban J connectivity index is 2.27. The Labute approximate surface area is 112 Å². The van der Waals surface area contributed by atoms with E-state index in [1.54, 1.807) is 12.1 Å². The van der Waals surface area contributed by atoms with Crippen molar-refractivity contribution in [3.05, 3.63) is 28.3 Å². The van der Waals surface area contributed by atoms with Crippen molar-refractivity contribution < 1.29 is 10.7 Å². The third-order valence-electron chi connectivity index (χ3n) is 3.37. The van der Waals surface area contributed by atoms with Gasteiger partial charge in [0, 0.05) is 24.8 Å². The average Bonchev–Trinajstić information content (AvgIpc) is 2.45. The predicted molar refractivity (Wildman–Crippen MR) is 75.4 cm³/mol. The molecule has 1 aliphatic heterocycles. The molecule has 0 aromatic heterocycles. The first-order valence-corrected chi connectivity index (χ1v) is 6.79. The van der Waals surface area contributed by atoms with Crippen LogP contribution in [0.25, 0.3) is 0 Å². The fraction of sp³-hybridized carbons (Fsp3) is 0.538. The molecule has 0 atom stereocenters. The maximum atomic E-state index is 11.1. The molecule has 0 bridgehead atoms. The fourth-order valence-corrected chi connectivity index (χ4v) is 2.41. The van der Waals surface area contributed by atoms with Crippen molar-refractivity contribution in [2.45, 2.75) is 19.3 Å². The highest BCUT2D eigenvalue weighted by Gasteiger charge is 2.21. The molecule has 6 nitrogen and oxygen atoms in total. The number of piperidine rings is 1. The molecule has 0 spiro atoms. The first-order chi connectivity index (χ1) is 9.22. The Bertz CT molecular complexity index is 444. The average molecular weight is 265 g/mol. The van der Waals surface area contributed by atoms with Crippen LogP contribution in [0.3, 0.4) is 0 Å². The lowest BCUT2D eigenvalue weighted by atomic mass is 10.1. The number of quaternary nitrogens is 1. The molecule has 104 valence electrons. The van der Waals surface area contributed by atoms with Crippen molar-refractivity contribution in [3.63, 3.8) is 0 Å². The number of hydrogen-bond acceptors (Lipinski definition) is 4. The number of nitrogens with one attached hydrogen (secondary N) is 1. The van der Waals surface area contributed by atoms with Crippen LogP contribution in [0.4, 0.5) is 17.1 Å². The minimum Gasteiger partial charge on any atom is -0.379 e. The van der Waals surface area contributed by atoms with Gasteiger partial charge in [0.25, 0.3) is 5.69 Å². The Morgan fingerprint density at radius 2 is 2.05 bits per heavy atom. The van der Waals surface area contributed by atoms with Crippen LogP contribution in [0.1, 0.15) is 19.3 Å². The van der Waals surface area contributed by atoms with Crippen molar-refractivity contribution in [1.82, 2.24) is 0 Å². The van der Waals surface area contributed by atoms with E-state index in [0.717, 1.165) is 50.4 Å². The van der Waals surface area contributed by atoms with Crippen LogP contribution in [0.15, 0.2) is 18.2 Å². The van der Waals surface area contributed by atoms with E-state index in [0.29, 0.717) is 0 Å². The highest BCUT2D eigenvalue weighted by molar-refractivity contribution is 5.69. The molecule has 0 saturated carbocycles. The number of rotatable bonds is 5. The zero-order chi connectivity index (χ0) is 13.7. The van der Waals surface area contributed by atoms with E-state index in [1.807, 2.05) is 6.07 Å². The van der Waals surface area contributed by atoms with E-state index in [9.17, 15) is 10.1 Å². The lowest BCUT2D eigenvalue weighted by molar-refractivity contribution is -0.384. The minimum atomic E-state index is -0.297. The standard InChI is InChI=1S/C13H20N4O2/c14-6-7-15-11-4-5-12(17(18)19)13(10-11)16-8-2-1-3-9-16/h4-5,10,15H,1-3,6-9,14H2/p+1. The Morgan fingerprint density at radius 1 is 1.32 bits per heavy atom. The fourth-order valence-electron chi connectivity index (χ4n) is 2.41.